The molecule has 0 aliphatic rings. The van der Waals surface area contributed by atoms with Gasteiger partial charge in [-0.2, -0.15) is 13.2 Å². The number of H-pyrrole nitrogens is 1. The van der Waals surface area contributed by atoms with Crippen molar-refractivity contribution in [3.8, 4) is 0 Å². The number of aliphatic carboxylic acids is 1. The van der Waals surface area contributed by atoms with Gasteiger partial charge in [-0.25, -0.2) is 4.79 Å². The maximum atomic E-state index is 13.2. The first-order valence-electron chi connectivity index (χ1n) is 14.7. The predicted octanol–water partition coefficient (Wildman–Crippen LogP) is 5.67. The lowest BCUT2D eigenvalue weighted by Gasteiger charge is -2.25. The molecule has 0 saturated heterocycles. The average molecular weight is 635 g/mol. The van der Waals surface area contributed by atoms with Crippen molar-refractivity contribution in [2.24, 2.45) is 5.73 Å². The first-order chi connectivity index (χ1) is 21.7. The maximum absolute atomic E-state index is 13.2. The molecule has 0 radical (unpaired) electrons. The molecule has 12 heteroatoms. The van der Waals surface area contributed by atoms with Crippen LogP contribution in [0, 0.1) is 6.92 Å². The number of para-hydroxylation sites is 1. The van der Waals surface area contributed by atoms with Crippen molar-refractivity contribution in [3.63, 3.8) is 0 Å². The number of nitrogens with one attached hydrogen (secondary N) is 2. The van der Waals surface area contributed by atoms with Gasteiger partial charge < -0.3 is 25.7 Å². The lowest BCUT2D eigenvalue weighted by molar-refractivity contribution is -0.192. The van der Waals surface area contributed by atoms with Gasteiger partial charge in [0.15, 0.2) is 5.82 Å². The van der Waals surface area contributed by atoms with Crippen molar-refractivity contribution < 1.29 is 27.9 Å². The van der Waals surface area contributed by atoms with Gasteiger partial charge in [-0.15, -0.1) is 10.2 Å². The Morgan fingerprint density at radius 2 is 1.57 bits per heavy atom. The van der Waals surface area contributed by atoms with Crippen molar-refractivity contribution in [1.82, 2.24) is 25.1 Å². The summed E-state index contributed by atoms with van der Waals surface area (Å²) >= 11 is 0. The van der Waals surface area contributed by atoms with Crippen molar-refractivity contribution in [3.05, 3.63) is 119 Å². The molecule has 0 unspecified atom stereocenters. The number of alkyl halides is 3. The number of fused-ring (bicyclic) bond motifs is 1. The predicted molar refractivity (Wildman–Crippen MR) is 169 cm³/mol. The van der Waals surface area contributed by atoms with E-state index >= 15 is 0 Å². The number of carboxylic acid groups (broad SMARTS) is 1. The fraction of sp³-hybridized carbons (Fsp3) is 0.294. The van der Waals surface area contributed by atoms with Crippen LogP contribution in [0.4, 0.5) is 13.2 Å². The molecule has 5 N–H and O–H groups in total. The summed E-state index contributed by atoms with van der Waals surface area (Å²) in [6, 6.07) is 26.7. The molecule has 2 aromatic heterocycles. The number of benzene rings is 3. The van der Waals surface area contributed by atoms with E-state index in [-0.39, 0.29) is 5.91 Å². The molecule has 0 aliphatic carbocycles. The van der Waals surface area contributed by atoms with Crippen LogP contribution in [0.3, 0.4) is 0 Å². The minimum absolute atomic E-state index is 0.233. The molecule has 5 aromatic rings. The first-order valence-corrected chi connectivity index (χ1v) is 14.7. The van der Waals surface area contributed by atoms with Gasteiger partial charge >= 0.3 is 12.1 Å². The van der Waals surface area contributed by atoms with E-state index in [0.717, 1.165) is 46.5 Å². The fourth-order valence-electron chi connectivity index (χ4n) is 4.81. The molecule has 1 amide bonds. The van der Waals surface area contributed by atoms with E-state index < -0.39 is 23.7 Å². The molecule has 46 heavy (non-hydrogen) atoms. The molecule has 0 aliphatic heterocycles. The Kier molecular flexibility index (Phi) is 10.6. The van der Waals surface area contributed by atoms with E-state index in [4.69, 9.17) is 15.6 Å². The maximum Gasteiger partial charge on any atom is 0.490 e. The number of rotatable bonds is 10. The third kappa shape index (κ3) is 9.04. The topological polar surface area (TPSA) is 139 Å². The zero-order valence-corrected chi connectivity index (χ0v) is 25.8. The zero-order valence-electron chi connectivity index (χ0n) is 25.8. The largest absolute Gasteiger partial charge is 0.490 e. The van der Waals surface area contributed by atoms with Gasteiger partial charge in [-0.05, 0) is 49.9 Å². The standard InChI is InChI=1S/C32H36N6O.C2HF3O2/c1-22-13-15-24(16-14-22)21-38-29(18-17-23-9-5-4-6-10-23)36-37-30(38)28(35-31(39)32(2,3)33)19-25-20-34-27-12-8-7-11-26(25)27;3-2(4,5)1(6)7/h4-16,20,28,34H,17-19,21,33H2,1-3H3,(H,35,39);(H,6,7)/t28-;/m1./s1. The molecule has 0 fully saturated rings. The Morgan fingerprint density at radius 1 is 0.935 bits per heavy atom. The first kappa shape index (κ1) is 33.9. The molecule has 3 aromatic carbocycles. The van der Waals surface area contributed by atoms with Gasteiger partial charge in [0.1, 0.15) is 5.82 Å². The van der Waals surface area contributed by atoms with Crippen molar-refractivity contribution in [2.45, 2.75) is 64.3 Å². The minimum Gasteiger partial charge on any atom is -0.475 e. The quantitative estimate of drug-likeness (QED) is 0.156. The summed E-state index contributed by atoms with van der Waals surface area (Å²) in [5, 5.41) is 20.8. The molecular formula is C34H37F3N6O3. The van der Waals surface area contributed by atoms with Crippen LogP contribution in [0.15, 0.2) is 85.1 Å². The molecular weight excluding hydrogens is 597 g/mol. The Bertz CT molecular complexity index is 1760. The summed E-state index contributed by atoms with van der Waals surface area (Å²) in [5.41, 5.74) is 10.9. The van der Waals surface area contributed by atoms with Crippen LogP contribution < -0.4 is 11.1 Å². The number of carboxylic acids is 1. The highest BCUT2D eigenvalue weighted by Crippen LogP contribution is 2.26. The van der Waals surface area contributed by atoms with Crippen LogP contribution in [0.5, 0.6) is 0 Å². The SMILES string of the molecule is Cc1ccc(Cn2c(CCc3ccccc3)nnc2[C@@H](Cc2c[nH]c3ccccc23)NC(=O)C(C)(C)N)cc1.O=C(O)C(F)(F)F. The van der Waals surface area contributed by atoms with Gasteiger partial charge in [-0.3, -0.25) is 4.79 Å². The second kappa shape index (κ2) is 14.4. The van der Waals surface area contributed by atoms with Gasteiger partial charge in [0.25, 0.3) is 0 Å². The van der Waals surface area contributed by atoms with Crippen LogP contribution in [0.2, 0.25) is 0 Å². The number of nitrogens with two attached hydrogens (primary N) is 1. The Hall–Kier alpha value is -4.97. The number of carbonyl (C=O) groups is 2. The minimum atomic E-state index is -5.08. The molecule has 242 valence electrons. The number of aromatic amines is 1. The van der Waals surface area contributed by atoms with Crippen LogP contribution in [-0.2, 0) is 35.4 Å². The van der Waals surface area contributed by atoms with E-state index in [0.29, 0.717) is 13.0 Å². The number of aryl methyl sites for hydroxylation is 3. The van der Waals surface area contributed by atoms with E-state index in [1.165, 1.54) is 11.1 Å². The molecule has 2 heterocycles. The van der Waals surface area contributed by atoms with Crippen LogP contribution in [0.25, 0.3) is 10.9 Å². The Balaban J connectivity index is 0.000000617. The average Bonchev–Trinajstić information content (AvgIpc) is 3.60. The van der Waals surface area contributed by atoms with E-state index in [2.05, 4.69) is 92.7 Å². The number of amides is 1. The summed E-state index contributed by atoms with van der Waals surface area (Å²) in [6.45, 7) is 6.13. The normalized spacial score (nSPS) is 12.3. The summed E-state index contributed by atoms with van der Waals surface area (Å²) in [5.74, 6) is -1.38. The third-order valence-corrected chi connectivity index (χ3v) is 7.34. The number of aromatic nitrogens is 4. The van der Waals surface area contributed by atoms with Gasteiger partial charge in [-0.1, -0.05) is 78.4 Å². The summed E-state index contributed by atoms with van der Waals surface area (Å²) in [4.78, 5) is 25.4. The molecule has 0 bridgehead atoms. The van der Waals surface area contributed by atoms with Crippen LogP contribution in [-0.4, -0.2) is 48.4 Å². The lowest BCUT2D eigenvalue weighted by Crippen LogP contribution is -2.50. The smallest absolute Gasteiger partial charge is 0.475 e. The summed E-state index contributed by atoms with van der Waals surface area (Å²) in [6.07, 6.45) is -0.938. The van der Waals surface area contributed by atoms with E-state index in [9.17, 15) is 18.0 Å². The van der Waals surface area contributed by atoms with Gasteiger partial charge in [0.05, 0.1) is 18.1 Å². The third-order valence-electron chi connectivity index (χ3n) is 7.34. The summed E-state index contributed by atoms with van der Waals surface area (Å²) < 4.78 is 33.9. The number of hydrogen-bond donors (Lipinski definition) is 4. The highest BCUT2D eigenvalue weighted by atomic mass is 19.4. The van der Waals surface area contributed by atoms with E-state index in [1.54, 1.807) is 13.8 Å². The zero-order chi connectivity index (χ0) is 33.5. The van der Waals surface area contributed by atoms with Gasteiger partial charge in [0.2, 0.25) is 5.91 Å². The monoisotopic (exact) mass is 634 g/mol. The number of nitrogens with zero attached hydrogens (tertiary/aromatic N) is 3. The highest BCUT2D eigenvalue weighted by molar-refractivity contribution is 5.86. The van der Waals surface area contributed by atoms with Crippen LogP contribution in [0.1, 0.15) is 53.8 Å². The molecule has 1 atom stereocenters. The van der Waals surface area contributed by atoms with Crippen molar-refractivity contribution in [1.29, 1.82) is 0 Å². The van der Waals surface area contributed by atoms with E-state index in [1.807, 2.05) is 24.4 Å². The van der Waals surface area contributed by atoms with Gasteiger partial charge in [0, 0.05) is 29.9 Å². The van der Waals surface area contributed by atoms with Crippen molar-refractivity contribution >= 4 is 22.8 Å². The highest BCUT2D eigenvalue weighted by Gasteiger charge is 2.38. The second-order valence-electron chi connectivity index (χ2n) is 11.6. The molecule has 0 saturated carbocycles. The Morgan fingerprint density at radius 3 is 2.20 bits per heavy atom. The number of halogens is 3. The molecule has 0 spiro atoms. The van der Waals surface area contributed by atoms with Crippen molar-refractivity contribution in [2.75, 3.05) is 0 Å². The molecule has 9 nitrogen and oxygen atoms in total. The number of carbonyl (C=O) groups excluding carboxylic acids is 1. The van der Waals surface area contributed by atoms with Crippen LogP contribution >= 0.6 is 0 Å². The Labute approximate surface area is 264 Å². The lowest BCUT2D eigenvalue weighted by atomic mass is 10.0. The second-order valence-corrected chi connectivity index (χ2v) is 11.6. The molecule has 5 rings (SSSR count). The number of hydrogen-bond acceptors (Lipinski definition) is 5. The summed E-state index contributed by atoms with van der Waals surface area (Å²) in [7, 11) is 0. The fourth-order valence-corrected chi connectivity index (χ4v) is 4.81.